The van der Waals surface area contributed by atoms with Crippen molar-refractivity contribution in [3.63, 3.8) is 0 Å². The summed E-state index contributed by atoms with van der Waals surface area (Å²) in [5.41, 5.74) is 2.99. The highest BCUT2D eigenvalue weighted by Gasteiger charge is 2.32. The number of H-pyrrole nitrogens is 1. The number of benzene rings is 1. The van der Waals surface area contributed by atoms with Crippen molar-refractivity contribution < 1.29 is 13.9 Å². The van der Waals surface area contributed by atoms with Gasteiger partial charge in [-0.25, -0.2) is 4.39 Å². The number of carbonyl (C=O) groups is 1. The van der Waals surface area contributed by atoms with Crippen molar-refractivity contribution in [2.24, 2.45) is 5.92 Å². The van der Waals surface area contributed by atoms with E-state index in [1.54, 1.807) is 18.3 Å². The maximum Gasteiger partial charge on any atom is 0.225 e. The molecule has 1 amide bonds. The average molecular weight is 357 g/mol. The Labute approximate surface area is 152 Å². The Bertz CT molecular complexity index is 753. The second-order valence-electron chi connectivity index (χ2n) is 7.21. The van der Waals surface area contributed by atoms with Crippen LogP contribution >= 0.6 is 0 Å². The maximum absolute atomic E-state index is 13.2. The molecule has 1 N–H and O–H groups in total. The molecule has 6 heteroatoms. The van der Waals surface area contributed by atoms with Crippen molar-refractivity contribution in [1.82, 2.24) is 15.1 Å². The van der Waals surface area contributed by atoms with E-state index in [2.05, 4.69) is 10.2 Å². The van der Waals surface area contributed by atoms with Crippen LogP contribution in [-0.2, 0) is 9.53 Å². The van der Waals surface area contributed by atoms with E-state index < -0.39 is 0 Å². The molecule has 2 aromatic rings. The molecule has 0 unspecified atom stereocenters. The smallest absolute Gasteiger partial charge is 0.225 e. The molecule has 2 aliphatic rings. The second kappa shape index (κ2) is 7.58. The maximum atomic E-state index is 13.2. The quantitative estimate of drug-likeness (QED) is 0.916. The van der Waals surface area contributed by atoms with E-state index in [0.29, 0.717) is 19.8 Å². The number of likely N-dealkylation sites (tertiary alicyclic amines) is 1. The Hall–Kier alpha value is -2.21. The number of hydrogen-bond donors (Lipinski definition) is 1. The van der Waals surface area contributed by atoms with Crippen molar-refractivity contribution in [3.05, 3.63) is 42.0 Å². The standard InChI is InChI=1S/C20H24FN3O2/c21-17-5-3-14(4-6-17)18-12-22-23-19(18)16-2-1-9-24(13-16)20(25)15-7-10-26-11-8-15/h3-6,12,15-16H,1-2,7-11,13H2,(H,22,23)/t16-/m1/s1. The highest BCUT2D eigenvalue weighted by Crippen LogP contribution is 2.34. The predicted octanol–water partition coefficient (Wildman–Crippen LogP) is 3.35. The third-order valence-electron chi connectivity index (χ3n) is 5.54. The summed E-state index contributed by atoms with van der Waals surface area (Å²) >= 11 is 0. The SMILES string of the molecule is O=C(C1CCOCC1)N1CCC[C@@H](c2[nH]ncc2-c2ccc(F)cc2)C1. The number of aromatic amines is 1. The van der Waals surface area contributed by atoms with E-state index in [-0.39, 0.29) is 23.6 Å². The van der Waals surface area contributed by atoms with Crippen LogP contribution < -0.4 is 0 Å². The van der Waals surface area contributed by atoms with E-state index in [1.807, 2.05) is 4.90 Å². The first kappa shape index (κ1) is 17.2. The second-order valence-corrected chi connectivity index (χ2v) is 7.21. The van der Waals surface area contributed by atoms with Gasteiger partial charge in [-0.05, 0) is 43.4 Å². The molecule has 26 heavy (non-hydrogen) atoms. The van der Waals surface area contributed by atoms with Crippen LogP contribution in [0.4, 0.5) is 4.39 Å². The molecule has 1 aromatic heterocycles. The van der Waals surface area contributed by atoms with Gasteiger partial charge in [-0.2, -0.15) is 5.10 Å². The first-order chi connectivity index (χ1) is 12.7. The van der Waals surface area contributed by atoms with E-state index in [4.69, 9.17) is 4.74 Å². The summed E-state index contributed by atoms with van der Waals surface area (Å²) in [5, 5.41) is 7.34. The molecule has 2 aliphatic heterocycles. The van der Waals surface area contributed by atoms with Crippen LogP contribution in [-0.4, -0.2) is 47.3 Å². The number of nitrogens with one attached hydrogen (secondary N) is 1. The minimum atomic E-state index is -0.246. The molecule has 138 valence electrons. The molecule has 2 saturated heterocycles. The van der Waals surface area contributed by atoms with Gasteiger partial charge in [-0.1, -0.05) is 12.1 Å². The van der Waals surface area contributed by atoms with Crippen molar-refractivity contribution in [3.8, 4) is 11.1 Å². The lowest BCUT2D eigenvalue weighted by atomic mass is 9.89. The Morgan fingerprint density at radius 3 is 2.73 bits per heavy atom. The molecule has 0 radical (unpaired) electrons. The van der Waals surface area contributed by atoms with Crippen LogP contribution in [0.1, 0.15) is 37.3 Å². The van der Waals surface area contributed by atoms with Crippen molar-refractivity contribution in [2.75, 3.05) is 26.3 Å². The van der Waals surface area contributed by atoms with Crippen LogP contribution in [0.3, 0.4) is 0 Å². The van der Waals surface area contributed by atoms with E-state index in [9.17, 15) is 9.18 Å². The summed E-state index contributed by atoms with van der Waals surface area (Å²) in [5.74, 6) is 0.349. The summed E-state index contributed by atoms with van der Waals surface area (Å²) in [7, 11) is 0. The molecule has 0 saturated carbocycles. The molecule has 4 rings (SSSR count). The molecule has 2 fully saturated rings. The molecule has 1 atom stereocenters. The third-order valence-corrected chi connectivity index (χ3v) is 5.54. The van der Waals surface area contributed by atoms with Gasteiger partial charge in [0.25, 0.3) is 0 Å². The zero-order valence-electron chi connectivity index (χ0n) is 14.8. The van der Waals surface area contributed by atoms with Gasteiger partial charge < -0.3 is 9.64 Å². The van der Waals surface area contributed by atoms with E-state index in [1.165, 1.54) is 12.1 Å². The van der Waals surface area contributed by atoms with Crippen molar-refractivity contribution in [1.29, 1.82) is 0 Å². The number of halogens is 1. The lowest BCUT2D eigenvalue weighted by Crippen LogP contribution is -2.43. The monoisotopic (exact) mass is 357 g/mol. The van der Waals surface area contributed by atoms with Gasteiger partial charge >= 0.3 is 0 Å². The van der Waals surface area contributed by atoms with Crippen LogP contribution in [0, 0.1) is 11.7 Å². The lowest BCUT2D eigenvalue weighted by Gasteiger charge is -2.35. The fourth-order valence-corrected chi connectivity index (χ4v) is 4.08. The number of amides is 1. The van der Waals surface area contributed by atoms with Gasteiger partial charge in [-0.3, -0.25) is 9.89 Å². The number of aromatic nitrogens is 2. The van der Waals surface area contributed by atoms with Gasteiger partial charge in [-0.15, -0.1) is 0 Å². The topological polar surface area (TPSA) is 58.2 Å². The summed E-state index contributed by atoms with van der Waals surface area (Å²) in [6.07, 6.45) is 5.45. The zero-order valence-corrected chi connectivity index (χ0v) is 14.8. The minimum Gasteiger partial charge on any atom is -0.381 e. The summed E-state index contributed by atoms with van der Waals surface area (Å²) < 4.78 is 18.6. The first-order valence-electron chi connectivity index (χ1n) is 9.38. The van der Waals surface area contributed by atoms with Gasteiger partial charge in [0.05, 0.1) is 6.20 Å². The normalized spacial score (nSPS) is 21.7. The molecule has 3 heterocycles. The molecule has 1 aromatic carbocycles. The molecule has 0 aliphatic carbocycles. The molecule has 0 spiro atoms. The lowest BCUT2D eigenvalue weighted by molar-refractivity contribution is -0.139. The van der Waals surface area contributed by atoms with Crippen LogP contribution in [0.5, 0.6) is 0 Å². The van der Waals surface area contributed by atoms with Crippen LogP contribution in [0.25, 0.3) is 11.1 Å². The first-order valence-corrected chi connectivity index (χ1v) is 9.38. The molecular weight excluding hydrogens is 333 g/mol. The van der Waals surface area contributed by atoms with Crippen molar-refractivity contribution >= 4 is 5.91 Å². The fraction of sp³-hybridized carbons (Fsp3) is 0.500. The minimum absolute atomic E-state index is 0.0980. The van der Waals surface area contributed by atoms with Crippen molar-refractivity contribution in [2.45, 2.75) is 31.6 Å². The zero-order chi connectivity index (χ0) is 17.9. The van der Waals surface area contributed by atoms with E-state index in [0.717, 1.165) is 49.0 Å². The number of nitrogens with zero attached hydrogens (tertiary/aromatic N) is 2. The number of piperidine rings is 1. The highest BCUT2D eigenvalue weighted by molar-refractivity contribution is 5.79. The highest BCUT2D eigenvalue weighted by atomic mass is 19.1. The summed E-state index contributed by atoms with van der Waals surface area (Å²) in [6.45, 7) is 2.91. The third kappa shape index (κ3) is 3.51. The Morgan fingerprint density at radius 1 is 1.19 bits per heavy atom. The number of carbonyl (C=O) groups excluding carboxylic acids is 1. The Kier molecular flexibility index (Phi) is 5.02. The van der Waals surface area contributed by atoms with Gasteiger partial charge in [0.2, 0.25) is 5.91 Å². The predicted molar refractivity (Wildman–Crippen MR) is 96.1 cm³/mol. The molecular formula is C20H24FN3O2. The Morgan fingerprint density at radius 2 is 1.96 bits per heavy atom. The van der Waals surface area contributed by atoms with Gasteiger partial charge in [0.15, 0.2) is 0 Å². The van der Waals surface area contributed by atoms with Gasteiger partial charge in [0.1, 0.15) is 5.82 Å². The van der Waals surface area contributed by atoms with Gasteiger partial charge in [0, 0.05) is 49.4 Å². The number of rotatable bonds is 3. The Balaban J connectivity index is 1.51. The summed E-state index contributed by atoms with van der Waals surface area (Å²) in [4.78, 5) is 14.9. The van der Waals surface area contributed by atoms with Crippen LogP contribution in [0.2, 0.25) is 0 Å². The molecule has 5 nitrogen and oxygen atoms in total. The number of ether oxygens (including phenoxy) is 1. The summed E-state index contributed by atoms with van der Waals surface area (Å²) in [6, 6.07) is 6.48. The van der Waals surface area contributed by atoms with Crippen LogP contribution in [0.15, 0.2) is 30.5 Å². The number of hydrogen-bond acceptors (Lipinski definition) is 3. The largest absolute Gasteiger partial charge is 0.381 e. The average Bonchev–Trinajstić information content (AvgIpc) is 3.19. The molecule has 0 bridgehead atoms. The van der Waals surface area contributed by atoms with E-state index >= 15 is 0 Å². The fourth-order valence-electron chi connectivity index (χ4n) is 4.08.